The second kappa shape index (κ2) is 10.8. The van der Waals surface area contributed by atoms with Crippen molar-refractivity contribution in [2.75, 3.05) is 27.6 Å². The van der Waals surface area contributed by atoms with Crippen LogP contribution in [0.4, 0.5) is 0 Å². The highest BCUT2D eigenvalue weighted by atomic mass is 16.7. The summed E-state index contributed by atoms with van der Waals surface area (Å²) >= 11 is 0. The number of Topliss-reactive ketones (excluding diaryl/α,β-unsaturated/α-hetero) is 1. The first-order valence-corrected chi connectivity index (χ1v) is 14.0. The van der Waals surface area contributed by atoms with Gasteiger partial charge in [-0.05, 0) is 52.3 Å². The first kappa shape index (κ1) is 30.2. The molecular weight excluding hydrogens is 560 g/mol. The SMILES string of the molecule is CC=C(C)C(=O)O[C@H]1c2cc3c(c4c2[C@@]2(CO4)C(=O)C(OC)=C(OC)C=C2[C@H](OC(=O)C(C)=CC)[C@@](C)(O)[C@H]1C)OCO3. The van der Waals surface area contributed by atoms with E-state index in [1.54, 1.807) is 58.9 Å². The minimum atomic E-state index is -1.90. The van der Waals surface area contributed by atoms with Crippen molar-refractivity contribution in [1.29, 1.82) is 0 Å². The summed E-state index contributed by atoms with van der Waals surface area (Å²) in [6.07, 6.45) is 2.18. The number of aliphatic hydroxyl groups is 1. The molecule has 5 atom stereocenters. The molecule has 1 spiro atoms. The molecule has 0 bridgehead atoms. The minimum Gasteiger partial charge on any atom is -0.493 e. The Balaban J connectivity index is 1.89. The summed E-state index contributed by atoms with van der Waals surface area (Å²) in [6.45, 7) is 9.42. The summed E-state index contributed by atoms with van der Waals surface area (Å²) in [5.41, 5.74) is -2.01. The lowest BCUT2D eigenvalue weighted by atomic mass is 9.59. The molecule has 0 saturated carbocycles. The number of ether oxygens (including phenoxy) is 7. The predicted octanol–water partition coefficient (Wildman–Crippen LogP) is 3.89. The second-order valence-corrected chi connectivity index (χ2v) is 11.2. The normalized spacial score (nSPS) is 29.5. The van der Waals surface area contributed by atoms with Gasteiger partial charge in [0.15, 0.2) is 23.4 Å². The lowest BCUT2D eigenvalue weighted by Gasteiger charge is -2.48. The van der Waals surface area contributed by atoms with E-state index in [-0.39, 0.29) is 42.0 Å². The summed E-state index contributed by atoms with van der Waals surface area (Å²) in [6, 6.07) is 1.65. The van der Waals surface area contributed by atoms with Gasteiger partial charge in [-0.1, -0.05) is 19.1 Å². The van der Waals surface area contributed by atoms with Crippen LogP contribution in [-0.4, -0.2) is 62.2 Å². The van der Waals surface area contributed by atoms with Crippen molar-refractivity contribution in [3.8, 4) is 17.2 Å². The van der Waals surface area contributed by atoms with Gasteiger partial charge in [-0.3, -0.25) is 4.79 Å². The van der Waals surface area contributed by atoms with Gasteiger partial charge in [0, 0.05) is 28.2 Å². The van der Waals surface area contributed by atoms with Gasteiger partial charge in [0.05, 0.1) is 14.2 Å². The number of benzene rings is 1. The Morgan fingerprint density at radius 2 is 1.65 bits per heavy atom. The molecule has 0 amide bonds. The number of esters is 2. The van der Waals surface area contributed by atoms with Gasteiger partial charge < -0.3 is 38.3 Å². The van der Waals surface area contributed by atoms with Crippen LogP contribution in [-0.2, 0) is 38.7 Å². The van der Waals surface area contributed by atoms with E-state index < -0.39 is 46.9 Å². The lowest BCUT2D eigenvalue weighted by Crippen LogP contribution is -2.59. The van der Waals surface area contributed by atoms with Gasteiger partial charge in [-0.2, -0.15) is 0 Å². The highest BCUT2D eigenvalue weighted by Crippen LogP contribution is 2.62. The van der Waals surface area contributed by atoms with E-state index in [1.165, 1.54) is 21.1 Å². The van der Waals surface area contributed by atoms with E-state index in [0.717, 1.165) is 0 Å². The highest BCUT2D eigenvalue weighted by molar-refractivity contribution is 6.09. The van der Waals surface area contributed by atoms with Crippen molar-refractivity contribution < 1.29 is 52.6 Å². The van der Waals surface area contributed by atoms with Gasteiger partial charge in [0.2, 0.25) is 24.1 Å². The van der Waals surface area contributed by atoms with Crippen LogP contribution >= 0.6 is 0 Å². The monoisotopic (exact) mass is 596 g/mol. The Kier molecular flexibility index (Phi) is 7.58. The number of hydrogen-bond acceptors (Lipinski definition) is 11. The number of carbonyl (C=O) groups excluding carboxylic acids is 3. The van der Waals surface area contributed by atoms with Gasteiger partial charge in [-0.25, -0.2) is 9.59 Å². The molecule has 2 aliphatic carbocycles. The Labute approximate surface area is 249 Å². The van der Waals surface area contributed by atoms with Gasteiger partial charge in [0.25, 0.3) is 0 Å². The molecule has 11 heteroatoms. The number of hydrogen-bond donors (Lipinski definition) is 1. The smallest absolute Gasteiger partial charge is 0.334 e. The molecule has 1 N–H and O–H groups in total. The fraction of sp³-hybridized carbons (Fsp3) is 0.469. The molecule has 0 fully saturated rings. The molecular formula is C32H36O11. The second-order valence-electron chi connectivity index (χ2n) is 11.2. The van der Waals surface area contributed by atoms with Crippen LogP contribution in [0.15, 0.2) is 52.5 Å². The van der Waals surface area contributed by atoms with Crippen molar-refractivity contribution in [3.63, 3.8) is 0 Å². The first-order chi connectivity index (χ1) is 20.4. The average molecular weight is 597 g/mol. The number of methoxy groups -OCH3 is 2. The van der Waals surface area contributed by atoms with Gasteiger partial charge >= 0.3 is 11.9 Å². The maximum Gasteiger partial charge on any atom is 0.334 e. The zero-order chi connectivity index (χ0) is 31.4. The molecule has 230 valence electrons. The molecule has 5 rings (SSSR count). The third-order valence-corrected chi connectivity index (χ3v) is 9.00. The zero-order valence-corrected chi connectivity index (χ0v) is 25.5. The Morgan fingerprint density at radius 1 is 1.00 bits per heavy atom. The Hall–Kier alpha value is -4.25. The van der Waals surface area contributed by atoms with Crippen molar-refractivity contribution in [2.45, 2.75) is 64.8 Å². The number of fused-ring (bicyclic) bond motifs is 2. The lowest BCUT2D eigenvalue weighted by molar-refractivity contribution is -0.177. The van der Waals surface area contributed by atoms with Crippen molar-refractivity contribution in [2.24, 2.45) is 5.92 Å². The zero-order valence-electron chi connectivity index (χ0n) is 25.5. The molecule has 2 aliphatic heterocycles. The fourth-order valence-corrected chi connectivity index (χ4v) is 6.03. The van der Waals surface area contributed by atoms with Crippen molar-refractivity contribution >= 4 is 17.7 Å². The van der Waals surface area contributed by atoms with Crippen molar-refractivity contribution in [3.05, 3.63) is 63.7 Å². The molecule has 2 heterocycles. The topological polar surface area (TPSA) is 136 Å². The molecule has 1 aromatic rings. The standard InChI is InChI=1S/C32H36O11/c1-9-15(3)29(34)42-23-17(5)31(6,36)28(43-30(35)16(4)10-2)19-12-20(37-7)25(38-8)27(33)32(19)13-39-26-22(32)18(23)11-21-24(26)41-14-40-21/h9-12,17,23,28,36H,13-14H2,1-8H3/t17-,23+,28-,31-,32-/m0/s1. The number of carbonyl (C=O) groups is 3. The molecule has 4 aliphatic rings. The van der Waals surface area contributed by atoms with E-state index in [0.29, 0.717) is 28.0 Å². The quantitative estimate of drug-likeness (QED) is 0.378. The molecule has 43 heavy (non-hydrogen) atoms. The molecule has 0 radical (unpaired) electrons. The maximum absolute atomic E-state index is 14.7. The highest BCUT2D eigenvalue weighted by Gasteiger charge is 2.64. The van der Waals surface area contributed by atoms with Gasteiger partial charge in [-0.15, -0.1) is 0 Å². The van der Waals surface area contributed by atoms with Crippen LogP contribution in [0.5, 0.6) is 17.2 Å². The van der Waals surface area contributed by atoms with Crippen LogP contribution in [0, 0.1) is 5.92 Å². The van der Waals surface area contributed by atoms with Crippen LogP contribution in [0.1, 0.15) is 58.8 Å². The predicted molar refractivity (Wildman–Crippen MR) is 151 cm³/mol. The Bertz CT molecular complexity index is 1530. The van der Waals surface area contributed by atoms with Crippen LogP contribution in [0.25, 0.3) is 0 Å². The molecule has 0 saturated heterocycles. The van der Waals surface area contributed by atoms with Crippen LogP contribution < -0.4 is 14.2 Å². The third-order valence-electron chi connectivity index (χ3n) is 9.00. The van der Waals surface area contributed by atoms with E-state index in [1.807, 2.05) is 0 Å². The summed E-state index contributed by atoms with van der Waals surface area (Å²) in [7, 11) is 2.73. The molecule has 11 nitrogen and oxygen atoms in total. The first-order valence-electron chi connectivity index (χ1n) is 14.0. The van der Waals surface area contributed by atoms with Crippen LogP contribution in [0.2, 0.25) is 0 Å². The summed E-state index contributed by atoms with van der Waals surface area (Å²) in [5, 5.41) is 12.4. The number of allylic oxidation sites excluding steroid dienone is 4. The summed E-state index contributed by atoms with van der Waals surface area (Å²) in [4.78, 5) is 41.2. The number of rotatable bonds is 6. The maximum atomic E-state index is 14.7. The van der Waals surface area contributed by atoms with E-state index in [4.69, 9.17) is 33.2 Å². The molecule has 0 unspecified atom stereocenters. The molecule has 0 aromatic heterocycles. The number of ketones is 1. The average Bonchev–Trinajstić information content (AvgIpc) is 3.63. The van der Waals surface area contributed by atoms with Gasteiger partial charge in [0.1, 0.15) is 23.7 Å². The van der Waals surface area contributed by atoms with E-state index in [9.17, 15) is 19.5 Å². The minimum absolute atomic E-state index is 0.0865. The van der Waals surface area contributed by atoms with E-state index >= 15 is 0 Å². The van der Waals surface area contributed by atoms with Crippen LogP contribution in [0.3, 0.4) is 0 Å². The van der Waals surface area contributed by atoms with E-state index in [2.05, 4.69) is 0 Å². The fourth-order valence-electron chi connectivity index (χ4n) is 6.03. The van der Waals surface area contributed by atoms with Crippen molar-refractivity contribution in [1.82, 2.24) is 0 Å². The largest absolute Gasteiger partial charge is 0.493 e. The third kappa shape index (κ3) is 4.31. The summed E-state index contributed by atoms with van der Waals surface area (Å²) < 4.78 is 41.0. The summed E-state index contributed by atoms with van der Waals surface area (Å²) in [5.74, 6) is -1.93. The molecule has 1 aromatic carbocycles. The Morgan fingerprint density at radius 3 is 2.26 bits per heavy atom.